The third-order valence-electron chi connectivity index (χ3n) is 6.40. The molecule has 0 nitrogen and oxygen atoms in total. The first-order chi connectivity index (χ1) is 11.7. The summed E-state index contributed by atoms with van der Waals surface area (Å²) >= 11 is 0. The summed E-state index contributed by atoms with van der Waals surface area (Å²) < 4.78 is 13.0. The van der Waals surface area contributed by atoms with E-state index in [9.17, 15) is 4.39 Å². The van der Waals surface area contributed by atoms with Crippen LogP contribution in [0.2, 0.25) is 0 Å². The molecular weight excluding hydrogens is 295 g/mol. The van der Waals surface area contributed by atoms with Crippen LogP contribution in [0.15, 0.2) is 36.4 Å². The van der Waals surface area contributed by atoms with Gasteiger partial charge in [0.25, 0.3) is 0 Å². The smallest absolute Gasteiger partial charge is 0.123 e. The molecule has 2 aliphatic rings. The molecule has 2 saturated carbocycles. The first kappa shape index (κ1) is 17.7. The van der Waals surface area contributed by atoms with Crippen LogP contribution >= 0.6 is 0 Å². The maximum atomic E-state index is 13.0. The van der Waals surface area contributed by atoms with Crippen molar-refractivity contribution in [3.63, 3.8) is 0 Å². The van der Waals surface area contributed by atoms with Gasteiger partial charge in [0.05, 0.1) is 0 Å². The molecular formula is C23H33F. The Hall–Kier alpha value is -1.11. The second-order valence-corrected chi connectivity index (χ2v) is 8.29. The van der Waals surface area contributed by atoms with Crippen LogP contribution in [-0.4, -0.2) is 0 Å². The van der Waals surface area contributed by atoms with E-state index in [1.807, 2.05) is 12.1 Å². The molecule has 0 aromatic heterocycles. The van der Waals surface area contributed by atoms with Gasteiger partial charge in [0.1, 0.15) is 5.82 Å². The SMILES string of the molecule is CC1CCC(/C=C/CCC2CCC(c3ccc(F)cc3)CC2)CC1. The topological polar surface area (TPSA) is 0 Å². The van der Waals surface area contributed by atoms with E-state index in [1.54, 1.807) is 12.1 Å². The van der Waals surface area contributed by atoms with Crippen LogP contribution in [0.4, 0.5) is 4.39 Å². The Morgan fingerprint density at radius 3 is 2.25 bits per heavy atom. The Labute approximate surface area is 147 Å². The first-order valence-corrected chi connectivity index (χ1v) is 10.1. The molecule has 0 spiro atoms. The summed E-state index contributed by atoms with van der Waals surface area (Å²) in [4.78, 5) is 0. The lowest BCUT2D eigenvalue weighted by Gasteiger charge is -2.28. The second kappa shape index (κ2) is 8.83. The molecule has 1 aromatic rings. The number of hydrogen-bond donors (Lipinski definition) is 0. The average Bonchev–Trinajstić information content (AvgIpc) is 2.62. The van der Waals surface area contributed by atoms with Gasteiger partial charge in [-0.3, -0.25) is 0 Å². The predicted octanol–water partition coefficient (Wildman–Crippen LogP) is 7.26. The molecule has 3 rings (SSSR count). The molecule has 1 aromatic carbocycles. The lowest BCUT2D eigenvalue weighted by Crippen LogP contribution is -2.13. The van der Waals surface area contributed by atoms with E-state index in [1.165, 1.54) is 69.8 Å². The van der Waals surface area contributed by atoms with Crippen molar-refractivity contribution in [2.24, 2.45) is 17.8 Å². The molecule has 0 aliphatic heterocycles. The van der Waals surface area contributed by atoms with Crippen molar-refractivity contribution in [3.05, 3.63) is 47.8 Å². The van der Waals surface area contributed by atoms with E-state index in [2.05, 4.69) is 19.1 Å². The summed E-state index contributed by atoms with van der Waals surface area (Å²) in [5, 5.41) is 0. The minimum absolute atomic E-state index is 0.119. The maximum Gasteiger partial charge on any atom is 0.123 e. The van der Waals surface area contributed by atoms with Crippen molar-refractivity contribution < 1.29 is 4.39 Å². The van der Waals surface area contributed by atoms with E-state index in [0.717, 1.165) is 17.8 Å². The van der Waals surface area contributed by atoms with Crippen LogP contribution in [0.25, 0.3) is 0 Å². The lowest BCUT2D eigenvalue weighted by molar-refractivity contribution is 0.310. The molecule has 132 valence electrons. The highest BCUT2D eigenvalue weighted by molar-refractivity contribution is 5.20. The van der Waals surface area contributed by atoms with Gasteiger partial charge in [0.2, 0.25) is 0 Å². The monoisotopic (exact) mass is 328 g/mol. The Bertz CT molecular complexity index is 499. The highest BCUT2D eigenvalue weighted by atomic mass is 19.1. The highest BCUT2D eigenvalue weighted by Gasteiger charge is 2.22. The van der Waals surface area contributed by atoms with Gasteiger partial charge in [-0.15, -0.1) is 0 Å². The molecule has 0 saturated heterocycles. The van der Waals surface area contributed by atoms with Gasteiger partial charge in [-0.1, -0.05) is 44.1 Å². The van der Waals surface area contributed by atoms with Crippen LogP contribution in [-0.2, 0) is 0 Å². The highest BCUT2D eigenvalue weighted by Crippen LogP contribution is 2.37. The van der Waals surface area contributed by atoms with Crippen LogP contribution < -0.4 is 0 Å². The van der Waals surface area contributed by atoms with Crippen molar-refractivity contribution >= 4 is 0 Å². The molecule has 0 N–H and O–H groups in total. The number of hydrogen-bond acceptors (Lipinski definition) is 0. The van der Waals surface area contributed by atoms with Crippen LogP contribution in [0, 0.1) is 23.6 Å². The van der Waals surface area contributed by atoms with Gasteiger partial charge in [-0.25, -0.2) is 4.39 Å². The van der Waals surface area contributed by atoms with Gasteiger partial charge in [-0.2, -0.15) is 0 Å². The summed E-state index contributed by atoms with van der Waals surface area (Å²) in [6.07, 6.45) is 18.5. The molecule has 0 atom stereocenters. The van der Waals surface area contributed by atoms with Crippen molar-refractivity contribution in [2.45, 2.75) is 77.0 Å². The first-order valence-electron chi connectivity index (χ1n) is 10.1. The van der Waals surface area contributed by atoms with Crippen molar-refractivity contribution in [1.82, 2.24) is 0 Å². The lowest BCUT2D eigenvalue weighted by atomic mass is 9.77. The van der Waals surface area contributed by atoms with Crippen molar-refractivity contribution in [2.75, 3.05) is 0 Å². The fourth-order valence-electron chi connectivity index (χ4n) is 4.62. The number of benzene rings is 1. The summed E-state index contributed by atoms with van der Waals surface area (Å²) in [5.74, 6) is 3.24. The molecule has 2 fully saturated rings. The van der Waals surface area contributed by atoms with E-state index in [4.69, 9.17) is 0 Å². The van der Waals surface area contributed by atoms with E-state index in [-0.39, 0.29) is 5.82 Å². The normalized spacial score (nSPS) is 31.4. The molecule has 0 unspecified atom stereocenters. The molecule has 0 amide bonds. The summed E-state index contributed by atoms with van der Waals surface area (Å²) in [7, 11) is 0. The standard InChI is InChI=1S/C23H33F/c1-18-6-8-19(9-7-18)4-2-3-5-20-10-12-21(13-11-20)22-14-16-23(24)17-15-22/h2,4,14-21H,3,5-13H2,1H3/b4-2+. The van der Waals surface area contributed by atoms with Crippen LogP contribution in [0.1, 0.15) is 82.6 Å². The third kappa shape index (κ3) is 5.19. The van der Waals surface area contributed by atoms with E-state index in [0.29, 0.717) is 5.92 Å². The van der Waals surface area contributed by atoms with Crippen molar-refractivity contribution in [3.8, 4) is 0 Å². The number of halogens is 1. The molecule has 2 aliphatic carbocycles. The Balaban J connectivity index is 1.34. The van der Waals surface area contributed by atoms with Gasteiger partial charge >= 0.3 is 0 Å². The maximum absolute atomic E-state index is 13.0. The second-order valence-electron chi connectivity index (χ2n) is 8.29. The Morgan fingerprint density at radius 1 is 0.917 bits per heavy atom. The third-order valence-corrected chi connectivity index (χ3v) is 6.40. The molecule has 24 heavy (non-hydrogen) atoms. The fourth-order valence-corrected chi connectivity index (χ4v) is 4.62. The number of rotatable bonds is 5. The zero-order valence-corrected chi connectivity index (χ0v) is 15.2. The van der Waals surface area contributed by atoms with Gasteiger partial charge in [0.15, 0.2) is 0 Å². The zero-order valence-electron chi connectivity index (χ0n) is 15.2. The summed E-state index contributed by atoms with van der Waals surface area (Å²) in [6.45, 7) is 2.39. The molecule has 1 heteroatoms. The minimum atomic E-state index is -0.119. The Morgan fingerprint density at radius 2 is 1.58 bits per heavy atom. The van der Waals surface area contributed by atoms with Gasteiger partial charge in [0, 0.05) is 0 Å². The molecule has 0 radical (unpaired) electrons. The van der Waals surface area contributed by atoms with Crippen LogP contribution in [0.5, 0.6) is 0 Å². The largest absolute Gasteiger partial charge is 0.207 e. The molecule has 0 heterocycles. The quantitative estimate of drug-likeness (QED) is 0.499. The van der Waals surface area contributed by atoms with Gasteiger partial charge < -0.3 is 0 Å². The summed E-state index contributed by atoms with van der Waals surface area (Å²) in [6, 6.07) is 7.18. The van der Waals surface area contributed by atoms with Gasteiger partial charge in [-0.05, 0) is 92.7 Å². The minimum Gasteiger partial charge on any atom is -0.207 e. The van der Waals surface area contributed by atoms with Crippen molar-refractivity contribution in [1.29, 1.82) is 0 Å². The zero-order chi connectivity index (χ0) is 16.8. The van der Waals surface area contributed by atoms with E-state index >= 15 is 0 Å². The Kier molecular flexibility index (Phi) is 6.51. The van der Waals surface area contributed by atoms with E-state index < -0.39 is 0 Å². The predicted molar refractivity (Wildman–Crippen MR) is 101 cm³/mol. The van der Waals surface area contributed by atoms with Crippen LogP contribution in [0.3, 0.4) is 0 Å². The molecule has 0 bridgehead atoms. The fraction of sp³-hybridized carbons (Fsp3) is 0.652. The average molecular weight is 329 g/mol. The summed E-state index contributed by atoms with van der Waals surface area (Å²) in [5.41, 5.74) is 1.33. The number of allylic oxidation sites excluding steroid dienone is 2.